The van der Waals surface area contributed by atoms with Gasteiger partial charge in [0.15, 0.2) is 5.78 Å². The molecule has 0 bridgehead atoms. The molecule has 1 amide bonds. The van der Waals surface area contributed by atoms with Crippen molar-refractivity contribution < 1.29 is 9.59 Å². The molecule has 30 heavy (non-hydrogen) atoms. The van der Waals surface area contributed by atoms with Crippen LogP contribution in [0.2, 0.25) is 0 Å². The Morgan fingerprint density at radius 3 is 2.67 bits per heavy atom. The first kappa shape index (κ1) is 18.6. The lowest BCUT2D eigenvalue weighted by atomic mass is 9.85. The molecule has 0 spiro atoms. The van der Waals surface area contributed by atoms with Gasteiger partial charge in [0, 0.05) is 35.5 Å². The molecular weight excluding hydrogens is 376 g/mol. The van der Waals surface area contributed by atoms with Gasteiger partial charge >= 0.3 is 0 Å². The molecule has 3 N–H and O–H groups in total. The standard InChI is InChI=1S/C24H24N4O2/c29-19-11-5-10-18-21(19)23(26-17-8-2-1-3-9-17)22(27-18)16-12-13-25-20(14-16)28-24(30)15-6-4-7-15/h1-3,8-9,12-15,26-27H,4-7,10-11H2,(H,25,28,30). The maximum Gasteiger partial charge on any atom is 0.228 e. The van der Waals surface area contributed by atoms with Crippen LogP contribution in [0.3, 0.4) is 0 Å². The quantitative estimate of drug-likeness (QED) is 0.557. The lowest BCUT2D eigenvalue weighted by molar-refractivity contribution is -0.122. The molecule has 2 aliphatic rings. The molecular formula is C24H24N4O2. The normalized spacial score (nSPS) is 15.9. The van der Waals surface area contributed by atoms with Crippen molar-refractivity contribution in [2.45, 2.75) is 38.5 Å². The van der Waals surface area contributed by atoms with Crippen LogP contribution in [0.5, 0.6) is 0 Å². The van der Waals surface area contributed by atoms with Crippen molar-refractivity contribution in [3.05, 3.63) is 59.9 Å². The highest BCUT2D eigenvalue weighted by atomic mass is 16.2. The van der Waals surface area contributed by atoms with Crippen LogP contribution in [0.1, 0.15) is 48.2 Å². The Morgan fingerprint density at radius 2 is 1.90 bits per heavy atom. The third-order valence-corrected chi connectivity index (χ3v) is 6.01. The van der Waals surface area contributed by atoms with Crippen molar-refractivity contribution in [3.63, 3.8) is 0 Å². The van der Waals surface area contributed by atoms with Crippen molar-refractivity contribution >= 4 is 28.9 Å². The van der Waals surface area contributed by atoms with Crippen molar-refractivity contribution in [2.24, 2.45) is 5.92 Å². The number of rotatable bonds is 5. The second-order valence-electron chi connectivity index (χ2n) is 8.04. The lowest BCUT2D eigenvalue weighted by Gasteiger charge is -2.23. The molecule has 152 valence electrons. The Morgan fingerprint density at radius 1 is 1.07 bits per heavy atom. The first-order valence-corrected chi connectivity index (χ1v) is 10.6. The Hall–Kier alpha value is -3.41. The summed E-state index contributed by atoms with van der Waals surface area (Å²) in [7, 11) is 0. The number of para-hydroxylation sites is 1. The molecule has 0 saturated heterocycles. The van der Waals surface area contributed by atoms with Crippen LogP contribution in [-0.2, 0) is 11.2 Å². The summed E-state index contributed by atoms with van der Waals surface area (Å²) in [5, 5.41) is 6.39. The van der Waals surface area contributed by atoms with Crippen LogP contribution in [0.25, 0.3) is 11.3 Å². The molecule has 0 unspecified atom stereocenters. The molecule has 2 aliphatic carbocycles. The highest BCUT2D eigenvalue weighted by Gasteiger charge is 2.28. The van der Waals surface area contributed by atoms with E-state index in [0.29, 0.717) is 12.2 Å². The number of nitrogens with zero attached hydrogens (tertiary/aromatic N) is 1. The molecule has 6 heteroatoms. The lowest BCUT2D eigenvalue weighted by Crippen LogP contribution is -2.28. The summed E-state index contributed by atoms with van der Waals surface area (Å²) in [4.78, 5) is 32.9. The number of hydrogen-bond donors (Lipinski definition) is 3. The van der Waals surface area contributed by atoms with E-state index in [0.717, 1.165) is 66.0 Å². The number of aromatic nitrogens is 2. The third kappa shape index (κ3) is 3.49. The Kier molecular flexibility index (Phi) is 4.83. The van der Waals surface area contributed by atoms with Crippen LogP contribution in [-0.4, -0.2) is 21.7 Å². The van der Waals surface area contributed by atoms with Gasteiger partial charge in [-0.25, -0.2) is 4.98 Å². The second kappa shape index (κ2) is 7.78. The van der Waals surface area contributed by atoms with Crippen molar-refractivity contribution in [2.75, 3.05) is 10.6 Å². The van der Waals surface area contributed by atoms with Crippen molar-refractivity contribution in [3.8, 4) is 11.3 Å². The summed E-state index contributed by atoms with van der Waals surface area (Å²) in [6.07, 6.45) is 6.97. The molecule has 0 radical (unpaired) electrons. The second-order valence-corrected chi connectivity index (χ2v) is 8.04. The molecule has 1 fully saturated rings. The number of benzene rings is 1. The van der Waals surface area contributed by atoms with Gasteiger partial charge in [-0.3, -0.25) is 9.59 Å². The number of anilines is 3. The average molecular weight is 400 g/mol. The number of aryl methyl sites for hydroxylation is 1. The molecule has 2 heterocycles. The number of H-pyrrole nitrogens is 1. The number of amides is 1. The minimum absolute atomic E-state index is 0.0366. The zero-order chi connectivity index (χ0) is 20.5. The van der Waals surface area contributed by atoms with E-state index in [4.69, 9.17) is 0 Å². The number of ketones is 1. The van der Waals surface area contributed by atoms with E-state index in [-0.39, 0.29) is 17.6 Å². The number of aromatic amines is 1. The number of pyridine rings is 1. The summed E-state index contributed by atoms with van der Waals surface area (Å²) in [6.45, 7) is 0. The van der Waals surface area contributed by atoms with Crippen LogP contribution in [0.4, 0.5) is 17.2 Å². The Labute approximate surface area is 175 Å². The predicted octanol–water partition coefficient (Wildman–Crippen LogP) is 5.08. The fourth-order valence-electron chi connectivity index (χ4n) is 4.16. The van der Waals surface area contributed by atoms with E-state index in [2.05, 4.69) is 20.6 Å². The molecule has 1 saturated carbocycles. The van der Waals surface area contributed by atoms with Crippen LogP contribution < -0.4 is 10.6 Å². The summed E-state index contributed by atoms with van der Waals surface area (Å²) < 4.78 is 0. The summed E-state index contributed by atoms with van der Waals surface area (Å²) in [5.41, 5.74) is 5.17. The summed E-state index contributed by atoms with van der Waals surface area (Å²) >= 11 is 0. The fraction of sp³-hybridized carbons (Fsp3) is 0.292. The van der Waals surface area contributed by atoms with Crippen LogP contribution >= 0.6 is 0 Å². The number of fused-ring (bicyclic) bond motifs is 1. The van der Waals surface area contributed by atoms with E-state index < -0.39 is 0 Å². The number of nitrogens with one attached hydrogen (secondary N) is 3. The van der Waals surface area contributed by atoms with Gasteiger partial charge in [0.2, 0.25) is 5.91 Å². The van der Waals surface area contributed by atoms with Crippen LogP contribution in [0, 0.1) is 5.92 Å². The largest absolute Gasteiger partial charge is 0.356 e. The molecule has 0 atom stereocenters. The van der Waals surface area contributed by atoms with E-state index in [1.54, 1.807) is 6.20 Å². The van der Waals surface area contributed by atoms with Gasteiger partial charge in [-0.1, -0.05) is 24.6 Å². The molecule has 6 nitrogen and oxygen atoms in total. The maximum absolute atomic E-state index is 12.7. The average Bonchev–Trinajstić information content (AvgIpc) is 3.07. The minimum Gasteiger partial charge on any atom is -0.356 e. The molecule has 5 rings (SSSR count). The smallest absolute Gasteiger partial charge is 0.228 e. The fourth-order valence-corrected chi connectivity index (χ4v) is 4.16. The summed E-state index contributed by atoms with van der Waals surface area (Å²) in [6, 6.07) is 13.6. The first-order chi connectivity index (χ1) is 14.7. The highest BCUT2D eigenvalue weighted by molar-refractivity contribution is 6.07. The van der Waals surface area contributed by atoms with Gasteiger partial charge in [-0.15, -0.1) is 0 Å². The summed E-state index contributed by atoms with van der Waals surface area (Å²) in [5.74, 6) is 0.828. The minimum atomic E-state index is 0.0366. The predicted molar refractivity (Wildman–Crippen MR) is 117 cm³/mol. The van der Waals surface area contributed by atoms with Gasteiger partial charge in [0.05, 0.1) is 16.9 Å². The van der Waals surface area contributed by atoms with Crippen molar-refractivity contribution in [1.29, 1.82) is 0 Å². The molecule has 2 aromatic heterocycles. The van der Waals surface area contributed by atoms with E-state index in [1.807, 2.05) is 42.5 Å². The monoisotopic (exact) mass is 400 g/mol. The number of carbonyl (C=O) groups excluding carboxylic acids is 2. The zero-order valence-corrected chi connectivity index (χ0v) is 16.7. The maximum atomic E-state index is 12.7. The number of carbonyl (C=O) groups is 2. The number of Topliss-reactive ketones (excluding diaryl/α,β-unsaturated/α-hetero) is 1. The Bertz CT molecular complexity index is 1100. The SMILES string of the molecule is O=C1CCCc2[nH]c(-c3ccnc(NC(=O)C4CCC4)c3)c(Nc3ccccc3)c21. The molecule has 0 aliphatic heterocycles. The van der Waals surface area contributed by atoms with Gasteiger partial charge in [0.1, 0.15) is 5.82 Å². The topological polar surface area (TPSA) is 86.9 Å². The van der Waals surface area contributed by atoms with Gasteiger partial charge in [-0.05, 0) is 49.9 Å². The molecule has 3 aromatic rings. The van der Waals surface area contributed by atoms with Crippen molar-refractivity contribution in [1.82, 2.24) is 9.97 Å². The van der Waals surface area contributed by atoms with E-state index in [9.17, 15) is 9.59 Å². The van der Waals surface area contributed by atoms with E-state index >= 15 is 0 Å². The number of hydrogen-bond acceptors (Lipinski definition) is 4. The third-order valence-electron chi connectivity index (χ3n) is 6.01. The van der Waals surface area contributed by atoms with Gasteiger partial charge in [-0.2, -0.15) is 0 Å². The van der Waals surface area contributed by atoms with Crippen LogP contribution in [0.15, 0.2) is 48.7 Å². The van der Waals surface area contributed by atoms with Gasteiger partial charge in [0.25, 0.3) is 0 Å². The highest BCUT2D eigenvalue weighted by Crippen LogP contribution is 2.39. The molecule has 1 aromatic carbocycles. The Balaban J connectivity index is 1.53. The zero-order valence-electron chi connectivity index (χ0n) is 16.7. The van der Waals surface area contributed by atoms with E-state index in [1.165, 1.54) is 0 Å². The first-order valence-electron chi connectivity index (χ1n) is 10.6. The van der Waals surface area contributed by atoms with Gasteiger partial charge < -0.3 is 15.6 Å².